The van der Waals surface area contributed by atoms with Gasteiger partial charge in [-0.05, 0) is 50.6 Å². The molecule has 0 aliphatic heterocycles. The van der Waals surface area contributed by atoms with Crippen molar-refractivity contribution in [2.45, 2.75) is 58.5 Å². The van der Waals surface area contributed by atoms with Crippen molar-refractivity contribution >= 4 is 0 Å². The van der Waals surface area contributed by atoms with Crippen molar-refractivity contribution in [2.75, 3.05) is 13.1 Å². The molecule has 1 saturated carbocycles. The molecule has 2 heteroatoms. The number of nitrogens with one attached hydrogen (secondary N) is 1. The van der Waals surface area contributed by atoms with Gasteiger partial charge >= 0.3 is 0 Å². The molecule has 90 valence electrons. The van der Waals surface area contributed by atoms with Gasteiger partial charge in [-0.25, -0.2) is 0 Å². The standard InChI is InChI=1S/C13H27NO/c1-3-13(15)7-8-14-10-12-6-4-5-11(2)9-12/h11-15H,3-10H2,1-2H3. The molecular weight excluding hydrogens is 186 g/mol. The Morgan fingerprint density at radius 3 is 2.87 bits per heavy atom. The van der Waals surface area contributed by atoms with Gasteiger partial charge in [-0.1, -0.05) is 26.7 Å². The van der Waals surface area contributed by atoms with Gasteiger partial charge in [-0.15, -0.1) is 0 Å². The van der Waals surface area contributed by atoms with Gasteiger partial charge in [0.1, 0.15) is 0 Å². The van der Waals surface area contributed by atoms with E-state index in [1.54, 1.807) is 0 Å². The Balaban J connectivity index is 1.99. The quantitative estimate of drug-likeness (QED) is 0.665. The molecule has 0 aromatic rings. The molecule has 1 aliphatic rings. The second-order valence-electron chi connectivity index (χ2n) is 5.19. The number of aliphatic hydroxyl groups excluding tert-OH is 1. The van der Waals surface area contributed by atoms with Gasteiger partial charge in [-0.3, -0.25) is 0 Å². The van der Waals surface area contributed by atoms with Crippen molar-refractivity contribution in [3.8, 4) is 0 Å². The fourth-order valence-electron chi connectivity index (χ4n) is 2.52. The molecule has 1 aliphatic carbocycles. The van der Waals surface area contributed by atoms with Crippen LogP contribution in [0.3, 0.4) is 0 Å². The van der Waals surface area contributed by atoms with Crippen LogP contribution in [0.5, 0.6) is 0 Å². The van der Waals surface area contributed by atoms with Gasteiger partial charge in [0.05, 0.1) is 6.10 Å². The summed E-state index contributed by atoms with van der Waals surface area (Å²) < 4.78 is 0. The van der Waals surface area contributed by atoms with Crippen molar-refractivity contribution in [3.63, 3.8) is 0 Å². The maximum absolute atomic E-state index is 9.40. The third-order valence-electron chi connectivity index (χ3n) is 3.60. The summed E-state index contributed by atoms with van der Waals surface area (Å²) in [5.41, 5.74) is 0. The van der Waals surface area contributed by atoms with Crippen molar-refractivity contribution in [3.05, 3.63) is 0 Å². The van der Waals surface area contributed by atoms with Crippen LogP contribution in [0.4, 0.5) is 0 Å². The minimum Gasteiger partial charge on any atom is -0.393 e. The first kappa shape index (κ1) is 13.0. The lowest BCUT2D eigenvalue weighted by Gasteiger charge is -2.27. The zero-order valence-corrected chi connectivity index (χ0v) is 10.3. The van der Waals surface area contributed by atoms with E-state index < -0.39 is 0 Å². The number of hydrogen-bond donors (Lipinski definition) is 2. The van der Waals surface area contributed by atoms with Crippen LogP contribution in [0.2, 0.25) is 0 Å². The van der Waals surface area contributed by atoms with Crippen LogP contribution in [0, 0.1) is 11.8 Å². The molecule has 15 heavy (non-hydrogen) atoms. The first-order valence-corrected chi connectivity index (χ1v) is 6.61. The summed E-state index contributed by atoms with van der Waals surface area (Å²) in [6.07, 6.45) is 7.29. The summed E-state index contributed by atoms with van der Waals surface area (Å²) in [5, 5.41) is 12.9. The molecule has 0 aromatic heterocycles. The van der Waals surface area contributed by atoms with E-state index in [4.69, 9.17) is 0 Å². The van der Waals surface area contributed by atoms with Crippen LogP contribution in [-0.2, 0) is 0 Å². The van der Waals surface area contributed by atoms with Crippen LogP contribution in [0.1, 0.15) is 52.4 Å². The summed E-state index contributed by atoms with van der Waals surface area (Å²) in [5.74, 6) is 1.80. The molecule has 0 radical (unpaired) electrons. The van der Waals surface area contributed by atoms with E-state index in [1.165, 1.54) is 25.7 Å². The zero-order chi connectivity index (χ0) is 11.1. The second-order valence-corrected chi connectivity index (χ2v) is 5.19. The van der Waals surface area contributed by atoms with Crippen molar-refractivity contribution in [2.24, 2.45) is 11.8 Å². The Morgan fingerprint density at radius 2 is 2.20 bits per heavy atom. The third-order valence-corrected chi connectivity index (χ3v) is 3.60. The van der Waals surface area contributed by atoms with Crippen molar-refractivity contribution < 1.29 is 5.11 Å². The lowest BCUT2D eigenvalue weighted by atomic mass is 9.82. The lowest BCUT2D eigenvalue weighted by Crippen LogP contribution is -2.28. The normalized spacial score (nSPS) is 29.0. The van der Waals surface area contributed by atoms with E-state index >= 15 is 0 Å². The number of hydrogen-bond acceptors (Lipinski definition) is 2. The van der Waals surface area contributed by atoms with Gasteiger partial charge in [0.25, 0.3) is 0 Å². The van der Waals surface area contributed by atoms with Gasteiger partial charge < -0.3 is 10.4 Å². The van der Waals surface area contributed by atoms with Gasteiger partial charge in [-0.2, -0.15) is 0 Å². The molecule has 0 bridgehead atoms. The van der Waals surface area contributed by atoms with Crippen LogP contribution in [0.25, 0.3) is 0 Å². The molecule has 1 fully saturated rings. The maximum atomic E-state index is 9.40. The second kappa shape index (κ2) is 7.24. The van der Waals surface area contributed by atoms with Gasteiger partial charge in [0, 0.05) is 0 Å². The predicted molar refractivity (Wildman–Crippen MR) is 64.9 cm³/mol. The van der Waals surface area contributed by atoms with E-state index in [2.05, 4.69) is 12.2 Å². The Labute approximate surface area is 94.5 Å². The molecule has 2 nitrogen and oxygen atoms in total. The Kier molecular flexibility index (Phi) is 6.26. The maximum Gasteiger partial charge on any atom is 0.0549 e. The van der Waals surface area contributed by atoms with Crippen LogP contribution in [-0.4, -0.2) is 24.3 Å². The fraction of sp³-hybridized carbons (Fsp3) is 1.00. The molecule has 0 aromatic carbocycles. The number of aliphatic hydroxyl groups is 1. The fourth-order valence-corrected chi connectivity index (χ4v) is 2.52. The molecule has 0 spiro atoms. The molecular formula is C13H27NO. The summed E-state index contributed by atoms with van der Waals surface area (Å²) in [6, 6.07) is 0. The van der Waals surface area contributed by atoms with Crippen molar-refractivity contribution in [1.82, 2.24) is 5.32 Å². The highest BCUT2D eigenvalue weighted by molar-refractivity contribution is 4.72. The summed E-state index contributed by atoms with van der Waals surface area (Å²) in [4.78, 5) is 0. The Morgan fingerprint density at radius 1 is 1.40 bits per heavy atom. The molecule has 0 amide bonds. The molecule has 0 saturated heterocycles. The van der Waals surface area contributed by atoms with E-state index in [0.717, 1.165) is 37.8 Å². The first-order valence-electron chi connectivity index (χ1n) is 6.61. The molecule has 3 atom stereocenters. The predicted octanol–water partition coefficient (Wildman–Crippen LogP) is 2.56. The zero-order valence-electron chi connectivity index (χ0n) is 10.3. The van der Waals surface area contributed by atoms with Crippen LogP contribution in [0.15, 0.2) is 0 Å². The molecule has 0 heterocycles. The topological polar surface area (TPSA) is 32.3 Å². The largest absolute Gasteiger partial charge is 0.393 e. The monoisotopic (exact) mass is 213 g/mol. The highest BCUT2D eigenvalue weighted by Crippen LogP contribution is 2.27. The SMILES string of the molecule is CCC(O)CCNCC1CCCC(C)C1. The molecule has 3 unspecified atom stereocenters. The van der Waals surface area contributed by atoms with Gasteiger partial charge in [0.2, 0.25) is 0 Å². The smallest absolute Gasteiger partial charge is 0.0549 e. The average Bonchev–Trinajstić information content (AvgIpc) is 2.24. The number of rotatable bonds is 6. The summed E-state index contributed by atoms with van der Waals surface area (Å²) >= 11 is 0. The van der Waals surface area contributed by atoms with E-state index in [-0.39, 0.29) is 6.10 Å². The summed E-state index contributed by atoms with van der Waals surface area (Å²) in [6.45, 7) is 6.53. The third kappa shape index (κ3) is 5.53. The minimum absolute atomic E-state index is 0.109. The van der Waals surface area contributed by atoms with E-state index in [0.29, 0.717) is 0 Å². The minimum atomic E-state index is -0.109. The highest BCUT2D eigenvalue weighted by Gasteiger charge is 2.18. The van der Waals surface area contributed by atoms with Crippen molar-refractivity contribution in [1.29, 1.82) is 0 Å². The van der Waals surface area contributed by atoms with Crippen LogP contribution >= 0.6 is 0 Å². The van der Waals surface area contributed by atoms with E-state index in [1.807, 2.05) is 6.92 Å². The molecule has 2 N–H and O–H groups in total. The average molecular weight is 213 g/mol. The van der Waals surface area contributed by atoms with Crippen LogP contribution < -0.4 is 5.32 Å². The first-order chi connectivity index (χ1) is 7.22. The lowest BCUT2D eigenvalue weighted by molar-refractivity contribution is 0.158. The summed E-state index contributed by atoms with van der Waals surface area (Å²) in [7, 11) is 0. The van der Waals surface area contributed by atoms with E-state index in [9.17, 15) is 5.11 Å². The van der Waals surface area contributed by atoms with Gasteiger partial charge in [0.15, 0.2) is 0 Å². The highest BCUT2D eigenvalue weighted by atomic mass is 16.3. The molecule has 1 rings (SSSR count). The Bertz CT molecular complexity index is 161. The Hall–Kier alpha value is -0.0800.